The number of nitrogen functional groups attached to an aromatic ring is 1. The highest BCUT2D eigenvalue weighted by atomic mass is 16.7. The van der Waals surface area contributed by atoms with Crippen LogP contribution in [0, 0.1) is 0 Å². The summed E-state index contributed by atoms with van der Waals surface area (Å²) in [7, 11) is 0. The number of ether oxygens (including phenoxy) is 3. The summed E-state index contributed by atoms with van der Waals surface area (Å²) in [5, 5.41) is 4.10. The number of nitrogens with zero attached hydrogens (tertiary/aromatic N) is 2. The summed E-state index contributed by atoms with van der Waals surface area (Å²) in [5.74, 6) is 2.82. The minimum absolute atomic E-state index is 0.277. The monoisotopic (exact) mass is 261 g/mol. The number of aromatic nitrogens is 2. The van der Waals surface area contributed by atoms with Crippen molar-refractivity contribution in [3.8, 4) is 17.2 Å². The molecule has 1 aromatic carbocycles. The van der Waals surface area contributed by atoms with E-state index in [2.05, 4.69) is 5.10 Å². The van der Waals surface area contributed by atoms with Crippen molar-refractivity contribution in [2.24, 2.45) is 0 Å². The van der Waals surface area contributed by atoms with Crippen molar-refractivity contribution in [3.63, 3.8) is 0 Å². The van der Waals surface area contributed by atoms with Gasteiger partial charge in [0.25, 0.3) is 0 Å². The second kappa shape index (κ2) is 5.09. The van der Waals surface area contributed by atoms with E-state index in [0.717, 1.165) is 30.2 Å². The molecule has 2 N–H and O–H groups in total. The van der Waals surface area contributed by atoms with Crippen molar-refractivity contribution in [1.29, 1.82) is 0 Å². The highest BCUT2D eigenvalue weighted by Crippen LogP contribution is 2.35. The largest absolute Gasteiger partial charge is 0.493 e. The van der Waals surface area contributed by atoms with Gasteiger partial charge in [-0.1, -0.05) is 0 Å². The number of aryl methyl sites for hydroxylation is 1. The van der Waals surface area contributed by atoms with Crippen LogP contribution in [0.4, 0.5) is 5.82 Å². The lowest BCUT2D eigenvalue weighted by molar-refractivity contribution is 0.173. The maximum Gasteiger partial charge on any atom is 0.231 e. The molecule has 19 heavy (non-hydrogen) atoms. The van der Waals surface area contributed by atoms with Crippen molar-refractivity contribution in [1.82, 2.24) is 9.78 Å². The molecule has 0 spiro atoms. The molecule has 0 atom stereocenters. The minimum atomic E-state index is 0.277. The maximum absolute atomic E-state index is 5.65. The van der Waals surface area contributed by atoms with E-state index in [1.54, 1.807) is 10.7 Å². The number of hydrogen-bond acceptors (Lipinski definition) is 5. The molecule has 6 nitrogen and oxygen atoms in total. The Bertz CT molecular complexity index is 568. The molecule has 0 aliphatic carbocycles. The lowest BCUT2D eigenvalue weighted by atomic mass is 10.3. The van der Waals surface area contributed by atoms with Crippen molar-refractivity contribution in [2.45, 2.75) is 13.0 Å². The van der Waals surface area contributed by atoms with E-state index in [1.807, 2.05) is 24.4 Å². The van der Waals surface area contributed by atoms with Crippen LogP contribution in [0.25, 0.3) is 0 Å². The van der Waals surface area contributed by atoms with Gasteiger partial charge in [-0.2, -0.15) is 5.10 Å². The quantitative estimate of drug-likeness (QED) is 0.829. The summed E-state index contributed by atoms with van der Waals surface area (Å²) in [6.07, 6.45) is 2.71. The normalized spacial score (nSPS) is 12.6. The number of benzene rings is 1. The second-order valence-corrected chi connectivity index (χ2v) is 4.22. The molecule has 2 aromatic rings. The predicted octanol–water partition coefficient (Wildman–Crippen LogP) is 1.66. The lowest BCUT2D eigenvalue weighted by Crippen LogP contribution is -2.05. The summed E-state index contributed by atoms with van der Waals surface area (Å²) in [6, 6.07) is 7.35. The molecule has 1 aliphatic rings. The average molecular weight is 261 g/mol. The fraction of sp³-hybridized carbons (Fsp3) is 0.308. The van der Waals surface area contributed by atoms with Gasteiger partial charge in [0.15, 0.2) is 11.5 Å². The van der Waals surface area contributed by atoms with E-state index in [0.29, 0.717) is 12.4 Å². The zero-order chi connectivity index (χ0) is 13.1. The standard InChI is InChI=1S/C13H15N3O3/c14-13-4-6-16(15-13)5-1-7-17-10-2-3-11-12(8-10)19-9-18-11/h2-4,6,8H,1,5,7,9H2,(H2,14,15). The van der Waals surface area contributed by atoms with Gasteiger partial charge in [-0.3, -0.25) is 4.68 Å². The lowest BCUT2D eigenvalue weighted by Gasteiger charge is -2.07. The molecule has 6 heteroatoms. The molecular weight excluding hydrogens is 246 g/mol. The number of hydrogen-bond donors (Lipinski definition) is 1. The maximum atomic E-state index is 5.65. The molecule has 3 rings (SSSR count). The Hall–Kier alpha value is -2.37. The summed E-state index contributed by atoms with van der Waals surface area (Å²) in [4.78, 5) is 0. The Labute approximate surface area is 110 Å². The second-order valence-electron chi connectivity index (χ2n) is 4.22. The van der Waals surface area contributed by atoms with Gasteiger partial charge in [-0.15, -0.1) is 0 Å². The average Bonchev–Trinajstić information content (AvgIpc) is 3.03. The number of rotatable bonds is 5. The van der Waals surface area contributed by atoms with Gasteiger partial charge >= 0.3 is 0 Å². The minimum Gasteiger partial charge on any atom is -0.493 e. The number of anilines is 1. The van der Waals surface area contributed by atoms with Crippen molar-refractivity contribution < 1.29 is 14.2 Å². The van der Waals surface area contributed by atoms with Gasteiger partial charge in [-0.25, -0.2) is 0 Å². The molecule has 0 bridgehead atoms. The molecular formula is C13H15N3O3. The molecule has 1 aliphatic heterocycles. The Morgan fingerprint density at radius 2 is 2.16 bits per heavy atom. The predicted molar refractivity (Wildman–Crippen MR) is 69.3 cm³/mol. The van der Waals surface area contributed by atoms with Crippen LogP contribution >= 0.6 is 0 Å². The van der Waals surface area contributed by atoms with Crippen LogP contribution < -0.4 is 19.9 Å². The van der Waals surface area contributed by atoms with Crippen LogP contribution in [0.1, 0.15) is 6.42 Å². The Morgan fingerprint density at radius 1 is 1.26 bits per heavy atom. The van der Waals surface area contributed by atoms with E-state index in [-0.39, 0.29) is 6.79 Å². The van der Waals surface area contributed by atoms with E-state index >= 15 is 0 Å². The summed E-state index contributed by atoms with van der Waals surface area (Å²) >= 11 is 0. The molecule has 0 saturated heterocycles. The SMILES string of the molecule is Nc1ccn(CCCOc2ccc3c(c2)OCO3)n1. The first-order chi connectivity index (χ1) is 9.31. The first-order valence-corrected chi connectivity index (χ1v) is 6.13. The van der Waals surface area contributed by atoms with Crippen LogP contribution in [-0.4, -0.2) is 23.2 Å². The van der Waals surface area contributed by atoms with E-state index < -0.39 is 0 Å². The Morgan fingerprint density at radius 3 is 3.00 bits per heavy atom. The van der Waals surface area contributed by atoms with Gasteiger partial charge in [-0.05, 0) is 18.2 Å². The van der Waals surface area contributed by atoms with Crippen LogP contribution in [-0.2, 0) is 6.54 Å². The van der Waals surface area contributed by atoms with Crippen molar-refractivity contribution >= 4 is 5.82 Å². The Kier molecular flexibility index (Phi) is 3.14. The van der Waals surface area contributed by atoms with E-state index in [4.69, 9.17) is 19.9 Å². The van der Waals surface area contributed by atoms with Gasteiger partial charge in [0.1, 0.15) is 11.6 Å². The van der Waals surface area contributed by atoms with Gasteiger partial charge in [0, 0.05) is 25.2 Å². The highest BCUT2D eigenvalue weighted by Gasteiger charge is 2.13. The van der Waals surface area contributed by atoms with Gasteiger partial charge in [0.05, 0.1) is 6.61 Å². The molecule has 0 unspecified atom stereocenters. The highest BCUT2D eigenvalue weighted by molar-refractivity contribution is 5.46. The number of fused-ring (bicyclic) bond motifs is 1. The summed E-state index contributed by atoms with van der Waals surface area (Å²) < 4.78 is 18.0. The molecule has 1 aromatic heterocycles. The van der Waals surface area contributed by atoms with Crippen LogP contribution in [0.5, 0.6) is 17.2 Å². The van der Waals surface area contributed by atoms with E-state index in [9.17, 15) is 0 Å². The summed E-state index contributed by atoms with van der Waals surface area (Å²) in [5.41, 5.74) is 5.54. The van der Waals surface area contributed by atoms with Gasteiger partial charge in [0.2, 0.25) is 6.79 Å². The third kappa shape index (κ3) is 2.73. The van der Waals surface area contributed by atoms with Crippen LogP contribution in [0.2, 0.25) is 0 Å². The van der Waals surface area contributed by atoms with Crippen molar-refractivity contribution in [2.75, 3.05) is 19.1 Å². The van der Waals surface area contributed by atoms with Crippen molar-refractivity contribution in [3.05, 3.63) is 30.5 Å². The van der Waals surface area contributed by atoms with Gasteiger partial charge < -0.3 is 19.9 Å². The molecule has 0 fully saturated rings. The summed E-state index contributed by atoms with van der Waals surface area (Å²) in [6.45, 7) is 1.67. The molecule has 0 amide bonds. The molecule has 100 valence electrons. The number of nitrogens with two attached hydrogens (primary N) is 1. The van der Waals surface area contributed by atoms with Crippen LogP contribution in [0.15, 0.2) is 30.5 Å². The zero-order valence-electron chi connectivity index (χ0n) is 10.4. The third-order valence-corrected chi connectivity index (χ3v) is 2.81. The first-order valence-electron chi connectivity index (χ1n) is 6.13. The zero-order valence-corrected chi connectivity index (χ0v) is 10.4. The molecule has 2 heterocycles. The van der Waals surface area contributed by atoms with E-state index in [1.165, 1.54) is 0 Å². The third-order valence-electron chi connectivity index (χ3n) is 2.81. The fourth-order valence-corrected chi connectivity index (χ4v) is 1.89. The fourth-order valence-electron chi connectivity index (χ4n) is 1.89. The first kappa shape index (κ1) is 11.7. The van der Waals surface area contributed by atoms with Crippen LogP contribution in [0.3, 0.4) is 0 Å². The topological polar surface area (TPSA) is 71.5 Å². The smallest absolute Gasteiger partial charge is 0.231 e. The molecule has 0 radical (unpaired) electrons. The Balaban J connectivity index is 1.47. The molecule has 0 saturated carbocycles.